The summed E-state index contributed by atoms with van der Waals surface area (Å²) in [6.07, 6.45) is 3.62. The summed E-state index contributed by atoms with van der Waals surface area (Å²) >= 11 is 1.57. The fourth-order valence-electron chi connectivity index (χ4n) is 3.00. The molecule has 0 aliphatic heterocycles. The number of pyridine rings is 2. The monoisotopic (exact) mass is 365 g/mol. The summed E-state index contributed by atoms with van der Waals surface area (Å²) in [6.45, 7) is 2.02. The Labute approximate surface area is 154 Å². The van der Waals surface area contributed by atoms with E-state index in [1.54, 1.807) is 17.5 Å². The molecule has 0 bridgehead atoms. The molecule has 0 fully saturated rings. The first kappa shape index (κ1) is 16.4. The topological polar surface area (TPSA) is 76.8 Å². The molecule has 6 nitrogen and oxygen atoms in total. The van der Waals surface area contributed by atoms with Crippen LogP contribution in [0.3, 0.4) is 0 Å². The maximum atomic E-state index is 12.7. The molecule has 0 radical (unpaired) electrons. The second-order valence-electron chi connectivity index (χ2n) is 6.33. The van der Waals surface area contributed by atoms with Crippen molar-refractivity contribution in [3.8, 4) is 10.4 Å². The van der Waals surface area contributed by atoms with Crippen LogP contribution in [0.1, 0.15) is 5.56 Å². The maximum absolute atomic E-state index is 12.7. The number of aromatic nitrogens is 3. The number of anilines is 3. The van der Waals surface area contributed by atoms with Gasteiger partial charge < -0.3 is 20.2 Å². The van der Waals surface area contributed by atoms with Gasteiger partial charge in [-0.15, -0.1) is 11.3 Å². The van der Waals surface area contributed by atoms with E-state index >= 15 is 0 Å². The highest BCUT2D eigenvalue weighted by molar-refractivity contribution is 7.13. The molecule has 4 aromatic rings. The lowest BCUT2D eigenvalue weighted by atomic mass is 10.1. The van der Waals surface area contributed by atoms with Gasteiger partial charge in [-0.25, -0.2) is 4.98 Å². The number of hydrogen-bond acceptors (Lipinski definition) is 5. The average Bonchev–Trinajstić information content (AvgIpc) is 3.25. The zero-order chi connectivity index (χ0) is 18.3. The summed E-state index contributed by atoms with van der Waals surface area (Å²) in [6, 6.07) is 7.86. The molecule has 3 N–H and O–H groups in total. The summed E-state index contributed by atoms with van der Waals surface area (Å²) in [5.41, 5.74) is 4.27. The number of fused-ring (bicyclic) bond motifs is 1. The Balaban J connectivity index is 1.87. The zero-order valence-corrected chi connectivity index (χ0v) is 15.6. The molecule has 26 heavy (non-hydrogen) atoms. The third-order valence-electron chi connectivity index (χ3n) is 4.30. The van der Waals surface area contributed by atoms with Crippen molar-refractivity contribution in [3.63, 3.8) is 0 Å². The van der Waals surface area contributed by atoms with Gasteiger partial charge in [-0.1, -0.05) is 0 Å². The van der Waals surface area contributed by atoms with Crippen LogP contribution in [0.25, 0.3) is 21.5 Å². The molecule has 4 aromatic heterocycles. The average molecular weight is 365 g/mol. The first-order valence-electron chi connectivity index (χ1n) is 8.23. The second-order valence-corrected chi connectivity index (χ2v) is 7.24. The molecule has 0 atom stereocenters. The van der Waals surface area contributed by atoms with Crippen LogP contribution in [-0.2, 0) is 0 Å². The number of aromatic amines is 2. The smallest absolute Gasteiger partial charge is 0.258 e. The molecule has 0 saturated carbocycles. The van der Waals surface area contributed by atoms with Crippen LogP contribution >= 0.6 is 11.3 Å². The number of nitrogens with one attached hydrogen (secondary N) is 3. The summed E-state index contributed by atoms with van der Waals surface area (Å²) < 4.78 is 0. The number of aryl methyl sites for hydroxylation is 1. The molecule has 0 amide bonds. The first-order chi connectivity index (χ1) is 12.5. The molecule has 0 saturated heterocycles. The number of hydrogen-bond donors (Lipinski definition) is 3. The van der Waals surface area contributed by atoms with E-state index in [0.717, 1.165) is 38.7 Å². The van der Waals surface area contributed by atoms with E-state index in [0.29, 0.717) is 5.56 Å². The first-order valence-corrected chi connectivity index (χ1v) is 9.11. The van der Waals surface area contributed by atoms with Gasteiger partial charge >= 0.3 is 0 Å². The van der Waals surface area contributed by atoms with Crippen LogP contribution in [0, 0.1) is 6.92 Å². The lowest BCUT2D eigenvalue weighted by Gasteiger charge is -2.19. The van der Waals surface area contributed by atoms with Crippen LogP contribution < -0.4 is 15.8 Å². The van der Waals surface area contributed by atoms with Crippen molar-refractivity contribution in [2.45, 2.75) is 6.92 Å². The van der Waals surface area contributed by atoms with Crippen LogP contribution in [0.5, 0.6) is 0 Å². The minimum atomic E-state index is -0.0914. The fraction of sp³-hybridized carbons (Fsp3) is 0.158. The van der Waals surface area contributed by atoms with Crippen LogP contribution in [0.2, 0.25) is 0 Å². The Morgan fingerprint density at radius 1 is 1.19 bits per heavy atom. The van der Waals surface area contributed by atoms with Gasteiger partial charge in [-0.05, 0) is 42.1 Å². The van der Waals surface area contributed by atoms with Crippen LogP contribution in [-0.4, -0.2) is 29.0 Å². The summed E-state index contributed by atoms with van der Waals surface area (Å²) in [5, 5.41) is 6.47. The van der Waals surface area contributed by atoms with Gasteiger partial charge in [0.15, 0.2) is 0 Å². The molecule has 0 aliphatic rings. The molecule has 7 heteroatoms. The highest BCUT2D eigenvalue weighted by atomic mass is 32.1. The van der Waals surface area contributed by atoms with Gasteiger partial charge in [0.25, 0.3) is 5.56 Å². The van der Waals surface area contributed by atoms with E-state index in [4.69, 9.17) is 0 Å². The summed E-state index contributed by atoms with van der Waals surface area (Å²) in [7, 11) is 3.82. The van der Waals surface area contributed by atoms with E-state index in [1.807, 2.05) is 61.8 Å². The van der Waals surface area contributed by atoms with Crippen LogP contribution in [0.4, 0.5) is 17.2 Å². The van der Waals surface area contributed by atoms with Gasteiger partial charge in [0.1, 0.15) is 11.5 Å². The van der Waals surface area contributed by atoms with Crippen molar-refractivity contribution in [3.05, 3.63) is 58.0 Å². The number of H-pyrrole nitrogens is 2. The quantitative estimate of drug-likeness (QED) is 0.509. The third kappa shape index (κ3) is 2.76. The highest BCUT2D eigenvalue weighted by Crippen LogP contribution is 2.33. The lowest BCUT2D eigenvalue weighted by Crippen LogP contribution is -2.19. The Bertz CT molecular complexity index is 1140. The van der Waals surface area contributed by atoms with E-state index in [2.05, 4.69) is 20.3 Å². The minimum absolute atomic E-state index is 0.0914. The van der Waals surface area contributed by atoms with Crippen molar-refractivity contribution in [1.82, 2.24) is 15.0 Å². The highest BCUT2D eigenvalue weighted by Gasteiger charge is 2.15. The minimum Gasteiger partial charge on any atom is -0.362 e. The van der Waals surface area contributed by atoms with Crippen molar-refractivity contribution in [2.75, 3.05) is 24.3 Å². The molecule has 132 valence electrons. The van der Waals surface area contributed by atoms with Crippen molar-refractivity contribution >= 4 is 39.6 Å². The largest absolute Gasteiger partial charge is 0.362 e. The van der Waals surface area contributed by atoms with Gasteiger partial charge in [-0.2, -0.15) is 0 Å². The van der Waals surface area contributed by atoms with Gasteiger partial charge in [-0.3, -0.25) is 4.79 Å². The van der Waals surface area contributed by atoms with E-state index in [-0.39, 0.29) is 5.56 Å². The third-order valence-corrected chi connectivity index (χ3v) is 5.35. The predicted molar refractivity (Wildman–Crippen MR) is 109 cm³/mol. The molecular formula is C19H19N5OS. The van der Waals surface area contributed by atoms with Gasteiger partial charge in [0.05, 0.1) is 16.9 Å². The zero-order valence-electron chi connectivity index (χ0n) is 14.8. The molecule has 0 unspecified atom stereocenters. The number of nitrogens with zero attached hydrogens (tertiary/aromatic N) is 2. The van der Waals surface area contributed by atoms with E-state index < -0.39 is 0 Å². The summed E-state index contributed by atoms with van der Waals surface area (Å²) in [4.78, 5) is 26.0. The maximum Gasteiger partial charge on any atom is 0.258 e. The Hall–Kier alpha value is -3.06. The SMILES string of the molecule is Cc1ccsc1-c1cc(Nc2ccnc3[nH]ccc23)c(N(C)C)[nH]c1=O. The molecule has 0 aliphatic carbocycles. The molecular weight excluding hydrogens is 346 g/mol. The molecule has 4 heterocycles. The molecule has 0 spiro atoms. The van der Waals surface area contributed by atoms with E-state index in [9.17, 15) is 4.79 Å². The molecule has 4 rings (SSSR count). The van der Waals surface area contributed by atoms with Crippen molar-refractivity contribution < 1.29 is 0 Å². The second kappa shape index (κ2) is 6.34. The number of thiophene rings is 1. The Morgan fingerprint density at radius 2 is 2.04 bits per heavy atom. The van der Waals surface area contributed by atoms with Gasteiger partial charge in [0, 0.05) is 36.8 Å². The lowest BCUT2D eigenvalue weighted by molar-refractivity contribution is 1.05. The fourth-order valence-corrected chi connectivity index (χ4v) is 3.94. The Kier molecular flexibility index (Phi) is 4.00. The van der Waals surface area contributed by atoms with Crippen molar-refractivity contribution in [2.24, 2.45) is 0 Å². The predicted octanol–water partition coefficient (Wildman–Crippen LogP) is 4.10. The number of rotatable bonds is 4. The normalized spacial score (nSPS) is 11.0. The van der Waals surface area contributed by atoms with E-state index in [1.165, 1.54) is 0 Å². The van der Waals surface area contributed by atoms with Crippen LogP contribution in [0.15, 0.2) is 46.8 Å². The van der Waals surface area contributed by atoms with Crippen molar-refractivity contribution in [1.29, 1.82) is 0 Å². The summed E-state index contributed by atoms with van der Waals surface area (Å²) in [5.74, 6) is 0.730. The molecule has 0 aromatic carbocycles. The van der Waals surface area contributed by atoms with Gasteiger partial charge in [0.2, 0.25) is 0 Å². The standard InChI is InChI=1S/C19H19N5OS/c1-11-6-9-26-16(11)13-10-15(18(24(2)3)23-19(13)25)22-14-5-8-21-17-12(14)4-7-20-17/h4-10H,1-3H3,(H,23,25)(H2,20,21,22). The Morgan fingerprint density at radius 3 is 2.77 bits per heavy atom.